The summed E-state index contributed by atoms with van der Waals surface area (Å²) in [4.78, 5) is 12.4. The molecule has 0 rings (SSSR count). The number of unbranched alkanes of at least 4 members (excludes halogenated alkanes) is 32. The Labute approximate surface area is 349 Å². The third-order valence-electron chi connectivity index (χ3n) is 11.4. The first-order valence-corrected chi connectivity index (χ1v) is 24.8. The van der Waals surface area contributed by atoms with E-state index in [9.17, 15) is 20.1 Å². The van der Waals surface area contributed by atoms with E-state index in [4.69, 9.17) is 0 Å². The van der Waals surface area contributed by atoms with Gasteiger partial charge in [0.25, 0.3) is 0 Å². The fourth-order valence-corrected chi connectivity index (χ4v) is 7.60. The third kappa shape index (κ3) is 42.2. The first kappa shape index (κ1) is 54.6. The highest BCUT2D eigenvalue weighted by Gasteiger charge is 2.20. The highest BCUT2D eigenvalue weighted by atomic mass is 16.3. The van der Waals surface area contributed by atoms with Gasteiger partial charge < -0.3 is 20.6 Å². The average Bonchev–Trinajstić information content (AvgIpc) is 3.19. The van der Waals surface area contributed by atoms with Gasteiger partial charge in [0, 0.05) is 0 Å². The molecule has 5 nitrogen and oxygen atoms in total. The molecule has 0 aromatic carbocycles. The van der Waals surface area contributed by atoms with E-state index >= 15 is 0 Å². The Hall–Kier alpha value is -1.43. The van der Waals surface area contributed by atoms with Crippen molar-refractivity contribution in [1.29, 1.82) is 0 Å². The highest BCUT2D eigenvalue weighted by Crippen LogP contribution is 2.17. The Morgan fingerprint density at radius 3 is 1.12 bits per heavy atom. The van der Waals surface area contributed by atoms with E-state index in [0.717, 1.165) is 38.5 Å². The summed E-state index contributed by atoms with van der Waals surface area (Å²) >= 11 is 0. The smallest absolute Gasteiger partial charge is 0.222 e. The topological polar surface area (TPSA) is 89.8 Å². The zero-order valence-electron chi connectivity index (χ0n) is 37.5. The molecule has 0 aromatic rings. The van der Waals surface area contributed by atoms with Gasteiger partial charge in [-0.15, -0.1) is 0 Å². The quantitative estimate of drug-likeness (QED) is 0.0365. The zero-order chi connectivity index (χ0) is 40.8. The van der Waals surface area contributed by atoms with E-state index in [-0.39, 0.29) is 18.9 Å². The molecule has 56 heavy (non-hydrogen) atoms. The minimum Gasteiger partial charge on any atom is -0.394 e. The summed E-state index contributed by atoms with van der Waals surface area (Å²) in [6.45, 7) is 4.16. The second kappa shape index (κ2) is 46.3. The molecule has 0 aliphatic carbocycles. The van der Waals surface area contributed by atoms with Gasteiger partial charge in [-0.3, -0.25) is 4.79 Å². The minimum absolute atomic E-state index is 0.00502. The lowest BCUT2D eigenvalue weighted by molar-refractivity contribution is -0.124. The largest absolute Gasteiger partial charge is 0.394 e. The summed E-state index contributed by atoms with van der Waals surface area (Å²) in [5.41, 5.74) is 0. The normalized spacial score (nSPS) is 13.7. The minimum atomic E-state index is -0.957. The van der Waals surface area contributed by atoms with Crippen molar-refractivity contribution in [3.8, 4) is 0 Å². The summed E-state index contributed by atoms with van der Waals surface area (Å²) in [5.74, 6) is -0.328. The predicted octanol–water partition coefficient (Wildman–Crippen LogP) is 14.7. The molecule has 0 heterocycles. The van der Waals surface area contributed by atoms with Gasteiger partial charge in [-0.25, -0.2) is 0 Å². The summed E-state index contributed by atoms with van der Waals surface area (Å²) in [7, 11) is 0. The van der Waals surface area contributed by atoms with Crippen molar-refractivity contribution in [2.45, 2.75) is 276 Å². The fourth-order valence-electron chi connectivity index (χ4n) is 7.60. The van der Waals surface area contributed by atoms with Crippen LogP contribution in [0, 0.1) is 0 Å². The van der Waals surface area contributed by atoms with Crippen molar-refractivity contribution in [1.82, 2.24) is 5.32 Å². The Kier molecular flexibility index (Phi) is 45.1. The highest BCUT2D eigenvalue weighted by molar-refractivity contribution is 5.76. The standard InChI is InChI=1S/C51H97NO4/c1-3-5-7-9-11-13-15-17-18-19-20-21-22-23-24-25-26-27-28-29-30-31-32-33-34-36-38-40-42-44-48(54)46-51(56)52-49(47-53)50(55)45-43-41-39-37-35-16-14-12-10-8-6-4-2/h10,12,35,37,43,45,48-50,53-55H,3-9,11,13-34,36,38-42,44,46-47H2,1-2H3,(H,52,56)/b12-10+,37-35+,45-43+. The monoisotopic (exact) mass is 788 g/mol. The van der Waals surface area contributed by atoms with Crippen LogP contribution in [0.4, 0.5) is 0 Å². The van der Waals surface area contributed by atoms with Crippen LogP contribution < -0.4 is 5.32 Å². The fraction of sp³-hybridized carbons (Fsp3) is 0.863. The second-order valence-electron chi connectivity index (χ2n) is 17.1. The van der Waals surface area contributed by atoms with E-state index in [1.54, 1.807) is 6.08 Å². The lowest BCUT2D eigenvalue weighted by Gasteiger charge is -2.21. The van der Waals surface area contributed by atoms with Crippen molar-refractivity contribution in [3.05, 3.63) is 36.5 Å². The number of nitrogens with one attached hydrogen (secondary N) is 1. The van der Waals surface area contributed by atoms with Gasteiger partial charge in [0.2, 0.25) is 5.91 Å². The number of amides is 1. The maximum absolute atomic E-state index is 12.4. The Morgan fingerprint density at radius 1 is 0.446 bits per heavy atom. The van der Waals surface area contributed by atoms with E-state index in [2.05, 4.69) is 43.5 Å². The number of carbonyl (C=O) groups excluding carboxylic acids is 1. The lowest BCUT2D eigenvalue weighted by Crippen LogP contribution is -2.45. The van der Waals surface area contributed by atoms with Crippen LogP contribution in [-0.2, 0) is 4.79 Å². The number of hydrogen-bond donors (Lipinski definition) is 4. The Balaban J connectivity index is 3.52. The van der Waals surface area contributed by atoms with Crippen molar-refractivity contribution in [2.75, 3.05) is 6.61 Å². The molecule has 0 aliphatic rings. The predicted molar refractivity (Wildman–Crippen MR) is 245 cm³/mol. The molecule has 0 saturated heterocycles. The van der Waals surface area contributed by atoms with Gasteiger partial charge >= 0.3 is 0 Å². The molecule has 0 aromatic heterocycles. The number of allylic oxidation sites excluding steroid dienone is 5. The van der Waals surface area contributed by atoms with Crippen molar-refractivity contribution in [2.24, 2.45) is 0 Å². The van der Waals surface area contributed by atoms with Crippen LogP contribution in [0.5, 0.6) is 0 Å². The maximum atomic E-state index is 12.4. The van der Waals surface area contributed by atoms with Crippen LogP contribution in [0.25, 0.3) is 0 Å². The van der Waals surface area contributed by atoms with Crippen LogP contribution in [-0.4, -0.2) is 46.1 Å². The molecule has 4 N–H and O–H groups in total. The molecule has 5 heteroatoms. The third-order valence-corrected chi connectivity index (χ3v) is 11.4. The number of aliphatic hydroxyl groups is 3. The second-order valence-corrected chi connectivity index (χ2v) is 17.1. The van der Waals surface area contributed by atoms with Crippen molar-refractivity contribution in [3.63, 3.8) is 0 Å². The number of hydrogen-bond acceptors (Lipinski definition) is 4. The van der Waals surface area contributed by atoms with Gasteiger partial charge in [0.05, 0.1) is 31.3 Å². The Bertz CT molecular complexity index is 870. The number of rotatable bonds is 45. The van der Waals surface area contributed by atoms with Crippen LogP contribution >= 0.6 is 0 Å². The van der Waals surface area contributed by atoms with Gasteiger partial charge in [0.15, 0.2) is 0 Å². The molecule has 0 radical (unpaired) electrons. The molecule has 3 atom stereocenters. The first-order chi connectivity index (χ1) is 27.5. The molecule has 0 spiro atoms. The van der Waals surface area contributed by atoms with Gasteiger partial charge in [-0.2, -0.15) is 0 Å². The summed E-state index contributed by atoms with van der Waals surface area (Å²) in [6, 6.07) is -0.764. The van der Waals surface area contributed by atoms with Crippen LogP contribution in [0.2, 0.25) is 0 Å². The van der Waals surface area contributed by atoms with Crippen molar-refractivity contribution < 1.29 is 20.1 Å². The van der Waals surface area contributed by atoms with Gasteiger partial charge in [-0.05, 0) is 38.5 Å². The molecule has 0 fully saturated rings. The molecule has 0 aliphatic heterocycles. The SMILES string of the molecule is CCCC/C=C/CC/C=C/CC/C=C/C(O)C(CO)NC(=O)CC(O)CCCCCCCCCCCCCCCCCCCCCCCCCCCCCCC. The number of carbonyl (C=O) groups is 1. The first-order valence-electron chi connectivity index (χ1n) is 24.8. The summed E-state index contributed by atoms with van der Waals surface area (Å²) in [5, 5.41) is 33.2. The van der Waals surface area contributed by atoms with Gasteiger partial charge in [0.1, 0.15) is 0 Å². The van der Waals surface area contributed by atoms with Crippen LogP contribution in [0.1, 0.15) is 258 Å². The molecule has 0 bridgehead atoms. The molecular formula is C51H97NO4. The van der Waals surface area contributed by atoms with Crippen LogP contribution in [0.3, 0.4) is 0 Å². The summed E-state index contributed by atoms with van der Waals surface area (Å²) < 4.78 is 0. The molecule has 0 saturated carbocycles. The average molecular weight is 788 g/mol. The molecule has 330 valence electrons. The Morgan fingerprint density at radius 2 is 0.768 bits per heavy atom. The molecule has 3 unspecified atom stereocenters. The van der Waals surface area contributed by atoms with E-state index in [1.165, 1.54) is 193 Å². The summed E-state index contributed by atoms with van der Waals surface area (Å²) in [6.07, 6.45) is 59.0. The molecule has 1 amide bonds. The zero-order valence-corrected chi connectivity index (χ0v) is 37.5. The van der Waals surface area contributed by atoms with E-state index < -0.39 is 18.2 Å². The van der Waals surface area contributed by atoms with Gasteiger partial charge in [-0.1, -0.05) is 249 Å². The van der Waals surface area contributed by atoms with Crippen molar-refractivity contribution >= 4 is 5.91 Å². The maximum Gasteiger partial charge on any atom is 0.222 e. The van der Waals surface area contributed by atoms with E-state index in [0.29, 0.717) is 6.42 Å². The molecular weight excluding hydrogens is 691 g/mol. The number of aliphatic hydroxyl groups excluding tert-OH is 3. The van der Waals surface area contributed by atoms with Crippen LogP contribution in [0.15, 0.2) is 36.5 Å². The van der Waals surface area contributed by atoms with E-state index in [1.807, 2.05) is 6.08 Å². The lowest BCUT2D eigenvalue weighted by atomic mass is 10.0.